The number of amidine groups is 1. The van der Waals surface area contributed by atoms with Crippen LogP contribution in [0.25, 0.3) is 0 Å². The Morgan fingerprint density at radius 3 is 2.12 bits per heavy atom. The van der Waals surface area contributed by atoms with E-state index in [0.717, 1.165) is 17.8 Å². The zero-order chi connectivity index (χ0) is 19.5. The lowest BCUT2D eigenvalue weighted by Crippen LogP contribution is -2.39. The fraction of sp³-hybridized carbons (Fsp3) is 0.667. The van der Waals surface area contributed by atoms with Gasteiger partial charge >= 0.3 is 0 Å². The minimum atomic E-state index is -0.810. The third kappa shape index (κ3) is 6.63. The molecule has 2 N–H and O–H groups in total. The molecular formula is C21H35ClN2O. The molecule has 0 saturated heterocycles. The molecular weight excluding hydrogens is 332 g/mol. The summed E-state index contributed by atoms with van der Waals surface area (Å²) in [5.41, 5.74) is 0.408. The maximum atomic E-state index is 10.4. The number of hydrogen-bond acceptors (Lipinski definition) is 2. The van der Waals surface area contributed by atoms with Crippen LogP contribution in [0.2, 0.25) is 5.02 Å². The Bertz CT molecular complexity index is 595. The van der Waals surface area contributed by atoms with E-state index in [0.29, 0.717) is 11.4 Å². The number of benzene rings is 1. The van der Waals surface area contributed by atoms with Crippen LogP contribution in [0, 0.1) is 10.8 Å². The van der Waals surface area contributed by atoms with Gasteiger partial charge in [0.25, 0.3) is 0 Å². The Balaban J connectivity index is 3.10. The van der Waals surface area contributed by atoms with Crippen molar-refractivity contribution in [2.45, 2.75) is 73.0 Å². The molecule has 0 bridgehead atoms. The lowest BCUT2D eigenvalue weighted by atomic mass is 9.67. The molecule has 1 aromatic carbocycles. The summed E-state index contributed by atoms with van der Waals surface area (Å²) in [7, 11) is 1.81. The van der Waals surface area contributed by atoms with Crippen LogP contribution in [0.15, 0.2) is 29.3 Å². The second-order valence-corrected chi connectivity index (χ2v) is 9.62. The third-order valence-electron chi connectivity index (χ3n) is 5.23. The Hall–Kier alpha value is -1.06. The number of nitrogens with one attached hydrogen (secondary N) is 1. The lowest BCUT2D eigenvalue weighted by molar-refractivity contribution is 0.0609. The third-order valence-corrected chi connectivity index (χ3v) is 5.58. The van der Waals surface area contributed by atoms with Gasteiger partial charge in [-0.05, 0) is 42.7 Å². The summed E-state index contributed by atoms with van der Waals surface area (Å²) in [4.78, 5) is 4.49. The number of rotatable bonds is 6. The van der Waals surface area contributed by atoms with Gasteiger partial charge in [-0.3, -0.25) is 4.99 Å². The lowest BCUT2D eigenvalue weighted by Gasteiger charge is -2.40. The second kappa shape index (κ2) is 8.09. The Labute approximate surface area is 158 Å². The molecule has 4 heteroatoms. The highest BCUT2D eigenvalue weighted by Gasteiger charge is 2.34. The normalized spacial score (nSPS) is 15.2. The Morgan fingerprint density at radius 2 is 1.68 bits per heavy atom. The zero-order valence-corrected chi connectivity index (χ0v) is 17.8. The molecule has 1 atom stereocenters. The molecule has 25 heavy (non-hydrogen) atoms. The molecule has 0 aliphatic carbocycles. The van der Waals surface area contributed by atoms with Crippen molar-refractivity contribution in [2.24, 2.45) is 15.8 Å². The van der Waals surface area contributed by atoms with Crippen LogP contribution >= 0.6 is 11.6 Å². The fourth-order valence-corrected chi connectivity index (χ4v) is 2.84. The molecule has 0 aromatic heterocycles. The molecule has 1 rings (SSSR count). The van der Waals surface area contributed by atoms with Crippen molar-refractivity contribution in [3.63, 3.8) is 0 Å². The van der Waals surface area contributed by atoms with Gasteiger partial charge in [0, 0.05) is 18.5 Å². The van der Waals surface area contributed by atoms with Gasteiger partial charge in [-0.1, -0.05) is 64.4 Å². The van der Waals surface area contributed by atoms with Gasteiger partial charge in [0.15, 0.2) is 0 Å². The van der Waals surface area contributed by atoms with Crippen LogP contribution in [0.5, 0.6) is 0 Å². The SMILES string of the molecule is CN=C(CC(C)(C)C(C)(C)C)N[C@@H](CC(C)(C)O)c1ccccc1Cl. The molecule has 0 amide bonds. The summed E-state index contributed by atoms with van der Waals surface area (Å²) < 4.78 is 0. The van der Waals surface area contributed by atoms with E-state index >= 15 is 0 Å². The second-order valence-electron chi connectivity index (χ2n) is 9.22. The van der Waals surface area contributed by atoms with E-state index in [1.165, 1.54) is 0 Å². The average Bonchev–Trinajstić information content (AvgIpc) is 2.43. The summed E-state index contributed by atoms with van der Waals surface area (Å²) >= 11 is 6.42. The molecule has 0 radical (unpaired) electrons. The summed E-state index contributed by atoms with van der Waals surface area (Å²) in [6, 6.07) is 7.70. The van der Waals surface area contributed by atoms with Crippen LogP contribution in [0.4, 0.5) is 0 Å². The average molecular weight is 367 g/mol. The van der Waals surface area contributed by atoms with E-state index in [1.54, 1.807) is 0 Å². The van der Waals surface area contributed by atoms with Crippen LogP contribution in [-0.4, -0.2) is 23.6 Å². The van der Waals surface area contributed by atoms with Crippen LogP contribution < -0.4 is 5.32 Å². The number of hydrogen-bond donors (Lipinski definition) is 2. The van der Waals surface area contributed by atoms with E-state index in [1.807, 2.05) is 45.2 Å². The monoisotopic (exact) mass is 366 g/mol. The molecule has 0 fully saturated rings. The number of aliphatic imine (C=N–C) groups is 1. The van der Waals surface area contributed by atoms with Gasteiger partial charge in [0.05, 0.1) is 17.5 Å². The largest absolute Gasteiger partial charge is 0.390 e. The smallest absolute Gasteiger partial charge is 0.0969 e. The van der Waals surface area contributed by atoms with Gasteiger partial charge in [0.2, 0.25) is 0 Å². The predicted octanol–water partition coefficient (Wildman–Crippen LogP) is 5.62. The van der Waals surface area contributed by atoms with Gasteiger partial charge < -0.3 is 10.4 Å². The maximum absolute atomic E-state index is 10.4. The fourth-order valence-electron chi connectivity index (χ4n) is 2.58. The van der Waals surface area contributed by atoms with Gasteiger partial charge in [-0.25, -0.2) is 0 Å². The first kappa shape index (κ1) is 22.0. The summed E-state index contributed by atoms with van der Waals surface area (Å²) in [6.07, 6.45) is 1.38. The van der Waals surface area contributed by atoms with Gasteiger partial charge in [-0.15, -0.1) is 0 Å². The van der Waals surface area contributed by atoms with Gasteiger partial charge in [0.1, 0.15) is 0 Å². The first-order chi connectivity index (χ1) is 11.3. The van der Waals surface area contributed by atoms with E-state index in [2.05, 4.69) is 44.9 Å². The van der Waals surface area contributed by atoms with E-state index < -0.39 is 5.60 Å². The van der Waals surface area contributed by atoms with Crippen LogP contribution in [-0.2, 0) is 0 Å². The molecule has 0 aliphatic rings. The molecule has 142 valence electrons. The van der Waals surface area contributed by atoms with Crippen molar-refractivity contribution in [3.05, 3.63) is 34.9 Å². The van der Waals surface area contributed by atoms with Crippen molar-refractivity contribution >= 4 is 17.4 Å². The van der Waals surface area contributed by atoms with Crippen LogP contribution in [0.3, 0.4) is 0 Å². The van der Waals surface area contributed by atoms with E-state index in [9.17, 15) is 5.11 Å². The molecule has 0 aliphatic heterocycles. The first-order valence-corrected chi connectivity index (χ1v) is 9.33. The standard InChI is InChI=1S/C21H35ClN2O/c1-19(2,3)20(4,5)14-18(23-8)24-17(13-21(6,7)25)15-11-9-10-12-16(15)22/h9-12,17,25H,13-14H2,1-8H3,(H,23,24)/t17-/m0/s1. The van der Waals surface area contributed by atoms with Crippen molar-refractivity contribution in [2.75, 3.05) is 7.05 Å². The topological polar surface area (TPSA) is 44.6 Å². The predicted molar refractivity (Wildman–Crippen MR) is 109 cm³/mol. The van der Waals surface area contributed by atoms with Crippen molar-refractivity contribution in [1.82, 2.24) is 5.32 Å². The first-order valence-electron chi connectivity index (χ1n) is 8.96. The minimum Gasteiger partial charge on any atom is -0.390 e. The van der Waals surface area contributed by atoms with E-state index in [4.69, 9.17) is 11.6 Å². The molecule has 0 unspecified atom stereocenters. The molecule has 0 spiro atoms. The number of nitrogens with zero attached hydrogens (tertiary/aromatic N) is 1. The van der Waals surface area contributed by atoms with Crippen molar-refractivity contribution < 1.29 is 5.11 Å². The highest BCUT2D eigenvalue weighted by atomic mass is 35.5. The van der Waals surface area contributed by atoms with E-state index in [-0.39, 0.29) is 16.9 Å². The quantitative estimate of drug-likeness (QED) is 0.506. The van der Waals surface area contributed by atoms with Gasteiger partial charge in [-0.2, -0.15) is 0 Å². The number of halogens is 1. The van der Waals surface area contributed by atoms with Crippen LogP contribution in [0.1, 0.15) is 72.9 Å². The molecule has 3 nitrogen and oxygen atoms in total. The summed E-state index contributed by atoms with van der Waals surface area (Å²) in [5, 5.41) is 14.6. The highest BCUT2D eigenvalue weighted by Crippen LogP contribution is 2.41. The maximum Gasteiger partial charge on any atom is 0.0969 e. The summed E-state index contributed by atoms with van der Waals surface area (Å²) in [5.74, 6) is 0.939. The minimum absolute atomic E-state index is 0.0780. The summed E-state index contributed by atoms with van der Waals surface area (Å²) in [6.45, 7) is 14.9. The molecule has 0 saturated carbocycles. The van der Waals surface area contributed by atoms with Crippen molar-refractivity contribution in [1.29, 1.82) is 0 Å². The molecule has 0 heterocycles. The highest BCUT2D eigenvalue weighted by molar-refractivity contribution is 6.31. The zero-order valence-electron chi connectivity index (χ0n) is 17.1. The van der Waals surface area contributed by atoms with Crippen molar-refractivity contribution in [3.8, 4) is 0 Å². The number of aliphatic hydroxyl groups is 1. The Morgan fingerprint density at radius 1 is 1.12 bits per heavy atom. The molecule has 1 aromatic rings. The Kier molecular flexibility index (Phi) is 7.12.